The van der Waals surface area contributed by atoms with Crippen LogP contribution in [0.3, 0.4) is 0 Å². The van der Waals surface area contributed by atoms with Crippen LogP contribution in [0.2, 0.25) is 5.02 Å². The van der Waals surface area contributed by atoms with E-state index in [0.29, 0.717) is 23.6 Å². The number of benzene rings is 2. The van der Waals surface area contributed by atoms with Crippen LogP contribution in [0.1, 0.15) is 10.4 Å². The van der Waals surface area contributed by atoms with Crippen molar-refractivity contribution in [2.45, 2.75) is 6.54 Å². The van der Waals surface area contributed by atoms with Crippen molar-refractivity contribution in [3.05, 3.63) is 69.9 Å². The third kappa shape index (κ3) is 4.89. The maximum absolute atomic E-state index is 13.4. The zero-order valence-corrected chi connectivity index (χ0v) is 19.6. The first-order valence-corrected chi connectivity index (χ1v) is 11.9. The highest BCUT2D eigenvalue weighted by Gasteiger charge is 2.15. The molecule has 2 N–H and O–H groups in total. The van der Waals surface area contributed by atoms with E-state index in [1.807, 2.05) is 24.4 Å². The number of nitrogens with zero attached hydrogens (tertiary/aromatic N) is 4. The molecule has 0 bridgehead atoms. The number of anilines is 4. The fraction of sp³-hybridized carbons (Fsp3) is 0.208. The highest BCUT2D eigenvalue weighted by Crippen LogP contribution is 2.28. The average molecular weight is 495 g/mol. The molecule has 0 amide bonds. The maximum Gasteiger partial charge on any atom is 0.185 e. The summed E-state index contributed by atoms with van der Waals surface area (Å²) in [6, 6.07) is 14.0. The molecule has 1 aliphatic heterocycles. The number of nitriles is 1. The summed E-state index contributed by atoms with van der Waals surface area (Å²) in [6.45, 7) is 3.85. The van der Waals surface area contributed by atoms with Gasteiger partial charge < -0.3 is 20.3 Å². The summed E-state index contributed by atoms with van der Waals surface area (Å²) in [5.41, 5.74) is 2.58. The van der Waals surface area contributed by atoms with E-state index in [1.165, 1.54) is 12.1 Å². The molecule has 0 saturated carbocycles. The van der Waals surface area contributed by atoms with Gasteiger partial charge in [-0.05, 0) is 42.5 Å². The molecule has 0 aliphatic carbocycles. The zero-order valence-electron chi connectivity index (χ0n) is 18.0. The lowest BCUT2D eigenvalue weighted by Gasteiger charge is -2.25. The van der Waals surface area contributed by atoms with Crippen molar-refractivity contribution in [2.24, 2.45) is 0 Å². The Morgan fingerprint density at radius 2 is 1.97 bits per heavy atom. The number of pyridine rings is 1. The van der Waals surface area contributed by atoms with Crippen molar-refractivity contribution in [3.8, 4) is 6.07 Å². The van der Waals surface area contributed by atoms with Gasteiger partial charge in [0.05, 0.1) is 35.9 Å². The van der Waals surface area contributed by atoms with Gasteiger partial charge in [-0.1, -0.05) is 11.6 Å². The largest absolute Gasteiger partial charge is 0.380 e. The van der Waals surface area contributed by atoms with E-state index in [1.54, 1.807) is 23.5 Å². The van der Waals surface area contributed by atoms with Gasteiger partial charge in [0.1, 0.15) is 17.7 Å². The van der Waals surface area contributed by atoms with Crippen LogP contribution in [0.5, 0.6) is 0 Å². The molecule has 1 fully saturated rings. The van der Waals surface area contributed by atoms with E-state index >= 15 is 0 Å². The minimum absolute atomic E-state index is 0.00183. The fourth-order valence-corrected chi connectivity index (χ4v) is 4.73. The number of aromatic nitrogens is 2. The standard InChI is InChI=1S/C24H20ClFN6OS/c25-20-11-18(1-3-21(20)26)30-23-16(12-27)9-15-10-17(2-4-22(15)31-23)28-13-19-14-29-24(34-19)32-5-7-33-8-6-32/h1-4,9-11,14,28H,5-8,13H2,(H,30,31). The summed E-state index contributed by atoms with van der Waals surface area (Å²) in [4.78, 5) is 12.5. The molecule has 1 aliphatic rings. The molecular formula is C24H20ClFN6OS. The van der Waals surface area contributed by atoms with Crippen LogP contribution in [0, 0.1) is 17.1 Å². The number of nitrogens with one attached hydrogen (secondary N) is 2. The zero-order chi connectivity index (χ0) is 23.5. The van der Waals surface area contributed by atoms with E-state index in [9.17, 15) is 9.65 Å². The van der Waals surface area contributed by atoms with Crippen LogP contribution in [0.4, 0.5) is 26.7 Å². The second kappa shape index (κ2) is 9.81. The Morgan fingerprint density at radius 1 is 1.15 bits per heavy atom. The first-order chi connectivity index (χ1) is 16.6. The van der Waals surface area contributed by atoms with Gasteiger partial charge in [0.15, 0.2) is 5.13 Å². The molecule has 2 aromatic carbocycles. The van der Waals surface area contributed by atoms with Gasteiger partial charge in [-0.15, -0.1) is 11.3 Å². The lowest BCUT2D eigenvalue weighted by atomic mass is 10.1. The van der Waals surface area contributed by atoms with Crippen LogP contribution in [-0.4, -0.2) is 36.3 Å². The molecule has 172 valence electrons. The molecule has 0 radical (unpaired) electrons. The van der Waals surface area contributed by atoms with Crippen molar-refractivity contribution in [2.75, 3.05) is 41.8 Å². The van der Waals surface area contributed by atoms with E-state index in [0.717, 1.165) is 52.9 Å². The number of halogens is 2. The number of morpholine rings is 1. The normalized spacial score (nSPS) is 13.6. The van der Waals surface area contributed by atoms with E-state index in [2.05, 4.69) is 31.6 Å². The molecule has 2 aromatic heterocycles. The van der Waals surface area contributed by atoms with Crippen molar-refractivity contribution >= 4 is 56.2 Å². The predicted octanol–water partition coefficient (Wildman–Crippen LogP) is 5.55. The second-order valence-corrected chi connectivity index (χ2v) is 9.22. The lowest BCUT2D eigenvalue weighted by molar-refractivity contribution is 0.122. The minimum atomic E-state index is -0.505. The van der Waals surface area contributed by atoms with Gasteiger partial charge >= 0.3 is 0 Å². The Labute approximate surface area is 204 Å². The number of fused-ring (bicyclic) bond motifs is 1. The Hall–Kier alpha value is -3.45. The number of rotatable bonds is 6. The number of ether oxygens (including phenoxy) is 1. The molecular weight excluding hydrogens is 475 g/mol. The third-order valence-corrected chi connectivity index (χ3v) is 6.76. The molecule has 0 spiro atoms. The molecule has 4 aromatic rings. The molecule has 10 heteroatoms. The summed E-state index contributed by atoms with van der Waals surface area (Å²) in [7, 11) is 0. The predicted molar refractivity (Wildman–Crippen MR) is 134 cm³/mol. The topological polar surface area (TPSA) is 86.1 Å². The summed E-state index contributed by atoms with van der Waals surface area (Å²) in [6.07, 6.45) is 1.90. The maximum atomic E-state index is 13.4. The summed E-state index contributed by atoms with van der Waals surface area (Å²) in [5, 5.41) is 18.0. The highest BCUT2D eigenvalue weighted by atomic mass is 35.5. The van der Waals surface area contributed by atoms with Crippen molar-refractivity contribution < 1.29 is 9.13 Å². The third-order valence-electron chi connectivity index (χ3n) is 5.41. The Morgan fingerprint density at radius 3 is 2.76 bits per heavy atom. The van der Waals surface area contributed by atoms with Gasteiger partial charge in [-0.2, -0.15) is 5.26 Å². The van der Waals surface area contributed by atoms with Crippen molar-refractivity contribution in [1.82, 2.24) is 9.97 Å². The van der Waals surface area contributed by atoms with Crippen LogP contribution in [0.15, 0.2) is 48.7 Å². The molecule has 1 saturated heterocycles. The van der Waals surface area contributed by atoms with Gasteiger partial charge in [0.2, 0.25) is 0 Å². The first kappa shape index (κ1) is 22.3. The van der Waals surface area contributed by atoms with Gasteiger partial charge in [-0.25, -0.2) is 14.4 Å². The number of thiazole rings is 1. The van der Waals surface area contributed by atoms with E-state index in [-0.39, 0.29) is 5.02 Å². The molecule has 3 heterocycles. The monoisotopic (exact) mass is 494 g/mol. The summed E-state index contributed by atoms with van der Waals surface area (Å²) in [5.74, 6) is -0.117. The number of hydrogen-bond donors (Lipinski definition) is 2. The van der Waals surface area contributed by atoms with Gasteiger partial charge in [0, 0.05) is 40.9 Å². The smallest absolute Gasteiger partial charge is 0.185 e. The van der Waals surface area contributed by atoms with Crippen molar-refractivity contribution in [1.29, 1.82) is 5.26 Å². The highest BCUT2D eigenvalue weighted by molar-refractivity contribution is 7.15. The second-order valence-electron chi connectivity index (χ2n) is 7.72. The van der Waals surface area contributed by atoms with Crippen LogP contribution in [0.25, 0.3) is 10.9 Å². The lowest BCUT2D eigenvalue weighted by Crippen LogP contribution is -2.36. The summed E-state index contributed by atoms with van der Waals surface area (Å²) < 4.78 is 18.8. The molecule has 7 nitrogen and oxygen atoms in total. The number of hydrogen-bond acceptors (Lipinski definition) is 8. The van der Waals surface area contributed by atoms with Crippen LogP contribution in [-0.2, 0) is 11.3 Å². The van der Waals surface area contributed by atoms with E-state index in [4.69, 9.17) is 16.3 Å². The first-order valence-electron chi connectivity index (χ1n) is 10.7. The fourth-order valence-electron chi connectivity index (χ4n) is 3.65. The Kier molecular flexibility index (Phi) is 6.45. The average Bonchev–Trinajstić information content (AvgIpc) is 3.34. The van der Waals surface area contributed by atoms with E-state index < -0.39 is 5.82 Å². The molecule has 5 rings (SSSR count). The molecule has 0 atom stereocenters. The minimum Gasteiger partial charge on any atom is -0.380 e. The van der Waals surface area contributed by atoms with Crippen LogP contribution >= 0.6 is 22.9 Å². The molecule has 0 unspecified atom stereocenters. The Bertz CT molecular complexity index is 1380. The van der Waals surface area contributed by atoms with Gasteiger partial charge in [-0.3, -0.25) is 0 Å². The van der Waals surface area contributed by atoms with Crippen molar-refractivity contribution in [3.63, 3.8) is 0 Å². The summed E-state index contributed by atoms with van der Waals surface area (Å²) >= 11 is 7.54. The molecule has 34 heavy (non-hydrogen) atoms. The SMILES string of the molecule is N#Cc1cc2cc(NCc3cnc(N4CCOCC4)s3)ccc2nc1Nc1ccc(F)c(Cl)c1. The quantitative estimate of drug-likeness (QED) is 0.363. The Balaban J connectivity index is 1.31. The van der Waals surface area contributed by atoms with Gasteiger partial charge in [0.25, 0.3) is 0 Å². The van der Waals surface area contributed by atoms with Crippen LogP contribution < -0.4 is 15.5 Å².